The third-order valence-corrected chi connectivity index (χ3v) is 6.06. The number of nitrogens with zero attached hydrogens (tertiary/aromatic N) is 5. The van der Waals surface area contributed by atoms with Gasteiger partial charge in [0.05, 0.1) is 29.8 Å². The minimum Gasteiger partial charge on any atom is -0.496 e. The van der Waals surface area contributed by atoms with E-state index < -0.39 is 0 Å². The molecule has 3 heterocycles. The number of pyridine rings is 1. The van der Waals surface area contributed by atoms with Gasteiger partial charge in [-0.15, -0.1) is 0 Å². The van der Waals surface area contributed by atoms with Crippen LogP contribution >= 0.6 is 0 Å². The van der Waals surface area contributed by atoms with Gasteiger partial charge in [0.25, 0.3) is 5.91 Å². The van der Waals surface area contributed by atoms with Crippen molar-refractivity contribution in [3.05, 3.63) is 60.0 Å². The van der Waals surface area contributed by atoms with Crippen LogP contribution in [0.15, 0.2) is 48.9 Å². The lowest BCUT2D eigenvalue weighted by Gasteiger charge is -2.10. The Hall–Kier alpha value is -4.01. The van der Waals surface area contributed by atoms with Gasteiger partial charge in [-0.25, -0.2) is 14.6 Å². The van der Waals surface area contributed by atoms with Crippen molar-refractivity contribution >= 4 is 22.8 Å². The first kappa shape index (κ1) is 20.9. The van der Waals surface area contributed by atoms with Gasteiger partial charge in [0.1, 0.15) is 23.6 Å². The van der Waals surface area contributed by atoms with Crippen molar-refractivity contribution in [3.8, 4) is 17.1 Å². The molecule has 5 rings (SSSR count). The molecule has 0 radical (unpaired) electrons. The zero-order valence-electron chi connectivity index (χ0n) is 18.4. The lowest BCUT2D eigenvalue weighted by atomic mass is 10.1. The fourth-order valence-corrected chi connectivity index (χ4v) is 4.36. The summed E-state index contributed by atoms with van der Waals surface area (Å²) in [6, 6.07) is 11.2. The second-order valence-corrected chi connectivity index (χ2v) is 8.12. The molecule has 3 N–H and O–H groups in total. The van der Waals surface area contributed by atoms with Gasteiger partial charge in [-0.2, -0.15) is 5.10 Å². The summed E-state index contributed by atoms with van der Waals surface area (Å²) in [5, 5.41) is 8.49. The van der Waals surface area contributed by atoms with Gasteiger partial charge in [-0.1, -0.05) is 31.0 Å². The van der Waals surface area contributed by atoms with Crippen LogP contribution in [0, 0.1) is 0 Å². The molecule has 1 aromatic carbocycles. The number of nitrogens with one attached hydrogen (secondary N) is 1. The second-order valence-electron chi connectivity index (χ2n) is 8.12. The van der Waals surface area contributed by atoms with Crippen LogP contribution in [0.2, 0.25) is 0 Å². The van der Waals surface area contributed by atoms with E-state index >= 15 is 0 Å². The molecule has 168 valence electrons. The molecule has 33 heavy (non-hydrogen) atoms. The number of anilines is 1. The van der Waals surface area contributed by atoms with Gasteiger partial charge in [0, 0.05) is 12.7 Å². The number of para-hydroxylation sites is 1. The SMILES string of the molecule is COc1ccccc1C(=O)NCc1ccc(-c2nn(C3CCCC3)c3ncnc(N)c23)nc1. The maximum Gasteiger partial charge on any atom is 0.255 e. The van der Waals surface area contributed by atoms with Gasteiger partial charge in [-0.05, 0) is 36.6 Å². The Morgan fingerprint density at radius 1 is 1.15 bits per heavy atom. The first-order valence-electron chi connectivity index (χ1n) is 11.0. The molecule has 0 saturated heterocycles. The minimum absolute atomic E-state index is 0.206. The van der Waals surface area contributed by atoms with Crippen LogP contribution < -0.4 is 15.8 Å². The highest BCUT2D eigenvalue weighted by molar-refractivity contribution is 5.98. The number of benzene rings is 1. The molecule has 9 heteroatoms. The largest absolute Gasteiger partial charge is 0.496 e. The van der Waals surface area contributed by atoms with Crippen LogP contribution in [0.4, 0.5) is 5.82 Å². The molecule has 1 aliphatic carbocycles. The first-order valence-corrected chi connectivity index (χ1v) is 11.0. The minimum atomic E-state index is -0.206. The fraction of sp³-hybridized carbons (Fsp3) is 0.292. The van der Waals surface area contributed by atoms with E-state index in [2.05, 4.69) is 20.3 Å². The van der Waals surface area contributed by atoms with Gasteiger partial charge >= 0.3 is 0 Å². The number of carbonyl (C=O) groups is 1. The summed E-state index contributed by atoms with van der Waals surface area (Å²) in [6.45, 7) is 0.340. The molecular weight excluding hydrogens is 418 g/mol. The summed E-state index contributed by atoms with van der Waals surface area (Å²) in [6.07, 6.45) is 7.76. The number of methoxy groups -OCH3 is 1. The fourth-order valence-electron chi connectivity index (χ4n) is 4.36. The Morgan fingerprint density at radius 2 is 1.97 bits per heavy atom. The summed E-state index contributed by atoms with van der Waals surface area (Å²) in [7, 11) is 1.55. The Bertz CT molecular complexity index is 1290. The van der Waals surface area contributed by atoms with Crippen molar-refractivity contribution < 1.29 is 9.53 Å². The van der Waals surface area contributed by atoms with E-state index in [9.17, 15) is 4.79 Å². The third-order valence-electron chi connectivity index (χ3n) is 6.06. The van der Waals surface area contributed by atoms with Gasteiger partial charge in [-0.3, -0.25) is 9.78 Å². The van der Waals surface area contributed by atoms with Crippen LogP contribution in [0.5, 0.6) is 5.75 Å². The number of fused-ring (bicyclic) bond motifs is 1. The lowest BCUT2D eigenvalue weighted by Crippen LogP contribution is -2.23. The van der Waals surface area contributed by atoms with Gasteiger partial charge in [0.2, 0.25) is 0 Å². The predicted octanol–water partition coefficient (Wildman–Crippen LogP) is 3.52. The number of hydrogen-bond acceptors (Lipinski definition) is 7. The molecule has 1 aliphatic rings. The van der Waals surface area contributed by atoms with Crippen LogP contribution in [0.3, 0.4) is 0 Å². The lowest BCUT2D eigenvalue weighted by molar-refractivity contribution is 0.0948. The van der Waals surface area contributed by atoms with Crippen LogP contribution in [0.25, 0.3) is 22.4 Å². The Labute approximate surface area is 191 Å². The summed E-state index contributed by atoms with van der Waals surface area (Å²) in [4.78, 5) is 25.8. The maximum absolute atomic E-state index is 12.5. The summed E-state index contributed by atoms with van der Waals surface area (Å²) in [5.74, 6) is 0.727. The number of carbonyl (C=O) groups excluding carboxylic acids is 1. The van der Waals surface area contributed by atoms with Crippen molar-refractivity contribution in [3.63, 3.8) is 0 Å². The van der Waals surface area contributed by atoms with Crippen LogP contribution in [-0.4, -0.2) is 37.7 Å². The molecule has 0 spiro atoms. The maximum atomic E-state index is 12.5. The summed E-state index contributed by atoms with van der Waals surface area (Å²) >= 11 is 0. The highest BCUT2D eigenvalue weighted by Crippen LogP contribution is 2.35. The third kappa shape index (κ3) is 3.97. The Morgan fingerprint density at radius 3 is 2.73 bits per heavy atom. The van der Waals surface area contributed by atoms with E-state index in [0.29, 0.717) is 41.1 Å². The van der Waals surface area contributed by atoms with Crippen molar-refractivity contribution in [2.75, 3.05) is 12.8 Å². The number of nitrogen functional groups attached to an aromatic ring is 1. The predicted molar refractivity (Wildman–Crippen MR) is 125 cm³/mol. The van der Waals surface area contributed by atoms with E-state index in [0.717, 1.165) is 29.4 Å². The number of amides is 1. The molecule has 4 aromatic rings. The van der Waals surface area contributed by atoms with Gasteiger partial charge in [0.15, 0.2) is 5.65 Å². The van der Waals surface area contributed by atoms with Crippen LogP contribution in [0.1, 0.15) is 47.6 Å². The molecule has 0 aliphatic heterocycles. The number of nitrogens with two attached hydrogens (primary N) is 1. The topological polar surface area (TPSA) is 121 Å². The quantitative estimate of drug-likeness (QED) is 0.468. The zero-order valence-corrected chi connectivity index (χ0v) is 18.4. The van der Waals surface area contributed by atoms with E-state index in [-0.39, 0.29) is 5.91 Å². The van der Waals surface area contributed by atoms with Gasteiger partial charge < -0.3 is 15.8 Å². The molecule has 0 atom stereocenters. The average Bonchev–Trinajstić information content (AvgIpc) is 3.51. The Kier molecular flexibility index (Phi) is 5.60. The first-order chi connectivity index (χ1) is 16.2. The summed E-state index contributed by atoms with van der Waals surface area (Å²) in [5.41, 5.74) is 9.68. The number of rotatable bonds is 6. The molecule has 1 amide bonds. The molecule has 1 saturated carbocycles. The zero-order chi connectivity index (χ0) is 22.8. The van der Waals surface area contributed by atoms with Crippen molar-refractivity contribution in [2.45, 2.75) is 38.3 Å². The van der Waals surface area contributed by atoms with E-state index in [1.807, 2.05) is 22.9 Å². The number of ether oxygens (including phenoxy) is 1. The van der Waals surface area contributed by atoms with E-state index in [1.54, 1.807) is 31.5 Å². The molecule has 3 aromatic heterocycles. The highest BCUT2D eigenvalue weighted by atomic mass is 16.5. The van der Waals surface area contributed by atoms with E-state index in [4.69, 9.17) is 15.6 Å². The highest BCUT2D eigenvalue weighted by Gasteiger charge is 2.25. The monoisotopic (exact) mass is 443 g/mol. The van der Waals surface area contributed by atoms with Crippen molar-refractivity contribution in [1.82, 2.24) is 30.0 Å². The summed E-state index contributed by atoms with van der Waals surface area (Å²) < 4.78 is 7.25. The normalized spacial score (nSPS) is 14.0. The van der Waals surface area contributed by atoms with Crippen LogP contribution in [-0.2, 0) is 6.54 Å². The average molecular weight is 444 g/mol. The number of hydrogen-bond donors (Lipinski definition) is 2. The van der Waals surface area contributed by atoms with Crippen molar-refractivity contribution in [1.29, 1.82) is 0 Å². The smallest absolute Gasteiger partial charge is 0.255 e. The second kappa shape index (κ2) is 8.85. The standard InChI is InChI=1S/C24H25N7O2/c1-33-19-9-5-4-8-17(19)24(32)27-13-15-10-11-18(26-12-15)21-20-22(25)28-14-29-23(20)31(30-21)16-6-2-3-7-16/h4-5,8-12,14,16H,2-3,6-7,13H2,1H3,(H,27,32)(H2,25,28,29). The Balaban J connectivity index is 1.38. The molecule has 1 fully saturated rings. The molecule has 0 bridgehead atoms. The molecular formula is C24H25N7O2. The van der Waals surface area contributed by atoms with Crippen molar-refractivity contribution in [2.24, 2.45) is 0 Å². The molecule has 0 unspecified atom stereocenters. The van der Waals surface area contributed by atoms with E-state index in [1.165, 1.54) is 19.2 Å². The molecule has 9 nitrogen and oxygen atoms in total. The number of aromatic nitrogens is 5.